The van der Waals surface area contributed by atoms with Crippen molar-refractivity contribution in [3.63, 3.8) is 0 Å². The van der Waals surface area contributed by atoms with Gasteiger partial charge in [-0.2, -0.15) is 0 Å². The van der Waals surface area contributed by atoms with Crippen LogP contribution in [0.25, 0.3) is 0 Å². The first kappa shape index (κ1) is 15.4. The van der Waals surface area contributed by atoms with Crippen molar-refractivity contribution >= 4 is 11.9 Å². The summed E-state index contributed by atoms with van der Waals surface area (Å²) in [5, 5.41) is 11.9. The third kappa shape index (κ3) is 3.78. The summed E-state index contributed by atoms with van der Waals surface area (Å²) in [6.07, 6.45) is 2.04. The molecule has 1 unspecified atom stereocenters. The number of rotatable bonds is 5. The fourth-order valence-electron chi connectivity index (χ4n) is 2.40. The van der Waals surface area contributed by atoms with E-state index in [-0.39, 0.29) is 23.6 Å². The highest BCUT2D eigenvalue weighted by molar-refractivity contribution is 5.87. The van der Waals surface area contributed by atoms with Crippen molar-refractivity contribution in [2.24, 2.45) is 0 Å². The van der Waals surface area contributed by atoms with Crippen LogP contribution in [0.1, 0.15) is 35.7 Å². The van der Waals surface area contributed by atoms with Crippen LogP contribution in [0.3, 0.4) is 0 Å². The summed E-state index contributed by atoms with van der Waals surface area (Å²) < 4.78 is 13.7. The van der Waals surface area contributed by atoms with Gasteiger partial charge in [0.1, 0.15) is 5.82 Å². The number of carbonyl (C=O) groups is 2. The molecule has 0 spiro atoms. The van der Waals surface area contributed by atoms with Gasteiger partial charge in [-0.15, -0.1) is 0 Å². The van der Waals surface area contributed by atoms with E-state index in [1.54, 1.807) is 11.8 Å². The number of benzene rings is 1. The van der Waals surface area contributed by atoms with Gasteiger partial charge >= 0.3 is 5.97 Å². The van der Waals surface area contributed by atoms with E-state index in [4.69, 9.17) is 5.11 Å². The van der Waals surface area contributed by atoms with Gasteiger partial charge in [0, 0.05) is 25.2 Å². The zero-order valence-corrected chi connectivity index (χ0v) is 11.9. The Bertz CT molecular complexity index is 542. The van der Waals surface area contributed by atoms with Gasteiger partial charge in [0.25, 0.3) is 0 Å². The molecule has 21 heavy (non-hydrogen) atoms. The number of amides is 1. The van der Waals surface area contributed by atoms with Crippen molar-refractivity contribution in [3.05, 3.63) is 35.1 Å². The van der Waals surface area contributed by atoms with E-state index in [0.29, 0.717) is 0 Å². The van der Waals surface area contributed by atoms with E-state index < -0.39 is 17.8 Å². The number of likely N-dealkylation sites (tertiary alicyclic amines) is 1. The molecule has 1 aliphatic heterocycles. The standard InChI is InChI=1S/C15H19FN2O3/c1-10(14(19)18-6-2-3-7-18)17-9-12-8-11(15(20)21)4-5-13(12)16/h4-5,8,10,17H,2-3,6-7,9H2,1H3,(H,20,21). The molecular formula is C15H19FN2O3. The van der Waals surface area contributed by atoms with Crippen LogP contribution in [0.2, 0.25) is 0 Å². The molecule has 0 radical (unpaired) electrons. The third-order valence-corrected chi connectivity index (χ3v) is 3.68. The molecule has 1 aliphatic rings. The lowest BCUT2D eigenvalue weighted by atomic mass is 10.1. The molecule has 2 N–H and O–H groups in total. The van der Waals surface area contributed by atoms with Crippen molar-refractivity contribution in [1.29, 1.82) is 0 Å². The summed E-state index contributed by atoms with van der Waals surface area (Å²) in [6, 6.07) is 3.22. The van der Waals surface area contributed by atoms with Gasteiger partial charge in [-0.1, -0.05) is 0 Å². The molecule has 0 aliphatic carbocycles. The fraction of sp³-hybridized carbons (Fsp3) is 0.467. The van der Waals surface area contributed by atoms with E-state index in [0.717, 1.165) is 32.0 Å². The Morgan fingerprint density at radius 2 is 2.05 bits per heavy atom. The molecular weight excluding hydrogens is 275 g/mol. The second-order valence-corrected chi connectivity index (χ2v) is 5.25. The lowest BCUT2D eigenvalue weighted by molar-refractivity contribution is -0.132. The third-order valence-electron chi connectivity index (χ3n) is 3.68. The van der Waals surface area contributed by atoms with Crippen LogP contribution < -0.4 is 5.32 Å². The molecule has 1 heterocycles. The molecule has 0 saturated carbocycles. The van der Waals surface area contributed by atoms with Crippen molar-refractivity contribution in [3.8, 4) is 0 Å². The molecule has 2 rings (SSSR count). The number of nitrogens with zero attached hydrogens (tertiary/aromatic N) is 1. The predicted molar refractivity (Wildman–Crippen MR) is 75.5 cm³/mol. The van der Waals surface area contributed by atoms with Crippen molar-refractivity contribution in [2.75, 3.05) is 13.1 Å². The monoisotopic (exact) mass is 294 g/mol. The molecule has 1 fully saturated rings. The highest BCUT2D eigenvalue weighted by Crippen LogP contribution is 2.12. The van der Waals surface area contributed by atoms with Crippen LogP contribution in [0.15, 0.2) is 18.2 Å². The highest BCUT2D eigenvalue weighted by atomic mass is 19.1. The van der Waals surface area contributed by atoms with E-state index in [9.17, 15) is 14.0 Å². The Balaban J connectivity index is 1.97. The zero-order chi connectivity index (χ0) is 15.4. The van der Waals surface area contributed by atoms with Gasteiger partial charge in [-0.25, -0.2) is 9.18 Å². The minimum Gasteiger partial charge on any atom is -0.478 e. The number of carboxylic acid groups (broad SMARTS) is 1. The second kappa shape index (κ2) is 6.67. The van der Waals surface area contributed by atoms with Crippen LogP contribution >= 0.6 is 0 Å². The minimum absolute atomic E-state index is 0.00213. The summed E-state index contributed by atoms with van der Waals surface area (Å²) in [4.78, 5) is 24.8. The largest absolute Gasteiger partial charge is 0.478 e. The predicted octanol–water partition coefficient (Wildman–Crippen LogP) is 1.62. The van der Waals surface area contributed by atoms with Gasteiger partial charge in [0.2, 0.25) is 5.91 Å². The van der Waals surface area contributed by atoms with Gasteiger partial charge in [-0.05, 0) is 38.0 Å². The quantitative estimate of drug-likeness (QED) is 0.866. The molecule has 1 atom stereocenters. The molecule has 1 saturated heterocycles. The SMILES string of the molecule is CC(NCc1cc(C(=O)O)ccc1F)C(=O)N1CCCC1. The van der Waals surface area contributed by atoms with Gasteiger partial charge in [0.15, 0.2) is 0 Å². The Labute approximate surface area is 122 Å². The van der Waals surface area contributed by atoms with Crippen molar-refractivity contribution in [1.82, 2.24) is 10.2 Å². The van der Waals surface area contributed by atoms with Crippen molar-refractivity contribution in [2.45, 2.75) is 32.4 Å². The van der Waals surface area contributed by atoms with Crippen LogP contribution in [-0.2, 0) is 11.3 Å². The average Bonchev–Trinajstić information content (AvgIpc) is 2.99. The first-order valence-corrected chi connectivity index (χ1v) is 7.03. The lowest BCUT2D eigenvalue weighted by Crippen LogP contribution is -2.43. The Morgan fingerprint density at radius 1 is 1.38 bits per heavy atom. The maximum absolute atomic E-state index is 13.7. The maximum Gasteiger partial charge on any atom is 0.335 e. The zero-order valence-electron chi connectivity index (χ0n) is 11.9. The van der Waals surface area contributed by atoms with Crippen LogP contribution in [0, 0.1) is 5.82 Å². The van der Waals surface area contributed by atoms with E-state index in [1.807, 2.05) is 0 Å². The van der Waals surface area contributed by atoms with Gasteiger partial charge < -0.3 is 15.3 Å². The van der Waals surface area contributed by atoms with Crippen LogP contribution in [-0.4, -0.2) is 41.0 Å². The maximum atomic E-state index is 13.7. The Hall–Kier alpha value is -1.95. The molecule has 1 aromatic rings. The summed E-state index contributed by atoms with van der Waals surface area (Å²) in [6.45, 7) is 3.40. The lowest BCUT2D eigenvalue weighted by Gasteiger charge is -2.21. The first-order chi connectivity index (χ1) is 9.99. The molecule has 0 bridgehead atoms. The molecule has 114 valence electrons. The topological polar surface area (TPSA) is 69.6 Å². The van der Waals surface area contributed by atoms with E-state index >= 15 is 0 Å². The Morgan fingerprint density at radius 3 is 2.67 bits per heavy atom. The second-order valence-electron chi connectivity index (χ2n) is 5.25. The van der Waals surface area contributed by atoms with Crippen LogP contribution in [0.5, 0.6) is 0 Å². The molecule has 5 nitrogen and oxygen atoms in total. The average molecular weight is 294 g/mol. The van der Waals surface area contributed by atoms with Crippen LogP contribution in [0.4, 0.5) is 4.39 Å². The van der Waals surface area contributed by atoms with Gasteiger partial charge in [-0.3, -0.25) is 4.79 Å². The summed E-state index contributed by atoms with van der Waals surface area (Å²) in [7, 11) is 0. The van der Waals surface area contributed by atoms with Gasteiger partial charge in [0.05, 0.1) is 11.6 Å². The highest BCUT2D eigenvalue weighted by Gasteiger charge is 2.23. The molecule has 1 amide bonds. The molecule has 6 heteroatoms. The minimum atomic E-state index is -1.10. The molecule has 0 aromatic heterocycles. The first-order valence-electron chi connectivity index (χ1n) is 7.03. The number of carboxylic acids is 1. The fourth-order valence-corrected chi connectivity index (χ4v) is 2.40. The molecule has 1 aromatic carbocycles. The van der Waals surface area contributed by atoms with E-state index in [1.165, 1.54) is 12.1 Å². The number of halogens is 1. The Kier molecular flexibility index (Phi) is 4.90. The summed E-state index contributed by atoms with van der Waals surface area (Å²) in [5.41, 5.74) is 0.280. The number of hydrogen-bond donors (Lipinski definition) is 2. The summed E-state index contributed by atoms with van der Waals surface area (Å²) in [5.74, 6) is -1.58. The number of carbonyl (C=O) groups excluding carboxylic acids is 1. The van der Waals surface area contributed by atoms with Crippen molar-refractivity contribution < 1.29 is 19.1 Å². The smallest absolute Gasteiger partial charge is 0.335 e. The van der Waals surface area contributed by atoms with E-state index in [2.05, 4.69) is 5.32 Å². The number of nitrogens with one attached hydrogen (secondary N) is 1. The number of hydrogen-bond acceptors (Lipinski definition) is 3. The normalized spacial score (nSPS) is 16.0. The number of aromatic carboxylic acids is 1. The summed E-state index contributed by atoms with van der Waals surface area (Å²) >= 11 is 0.